The molecule has 1 aromatic rings. The van der Waals surface area contributed by atoms with Crippen molar-refractivity contribution in [3.8, 4) is 6.07 Å². The molecular weight excluding hydrogens is 336 g/mol. The summed E-state index contributed by atoms with van der Waals surface area (Å²) in [5.74, 6) is 0.202. The second-order valence-electron chi connectivity index (χ2n) is 2.73. The smallest absolute Gasteiger partial charge is 0.255 e. The second kappa shape index (κ2) is 5.56. The van der Waals surface area contributed by atoms with Gasteiger partial charge in [0.25, 0.3) is 6.43 Å². The van der Waals surface area contributed by atoms with Gasteiger partial charge in [0.1, 0.15) is 5.69 Å². The zero-order valence-corrected chi connectivity index (χ0v) is 10.4. The second-order valence-corrected chi connectivity index (χ2v) is 4.08. The van der Waals surface area contributed by atoms with E-state index in [9.17, 15) is 8.78 Å². The SMILES string of the molecule is N#CCc1c(C(F)F)ncc(CCl)c1I. The molecule has 0 saturated heterocycles. The number of alkyl halides is 3. The number of aromatic nitrogens is 1. The fourth-order valence-electron chi connectivity index (χ4n) is 1.12. The number of rotatable bonds is 3. The van der Waals surface area contributed by atoms with Crippen LogP contribution in [-0.2, 0) is 12.3 Å². The molecule has 0 N–H and O–H groups in total. The Kier molecular flexibility index (Phi) is 4.67. The Bertz CT molecular complexity index is 404. The quantitative estimate of drug-likeness (QED) is 0.623. The molecule has 0 spiro atoms. The first-order chi connectivity index (χ1) is 7.11. The lowest BCUT2D eigenvalue weighted by Gasteiger charge is -2.10. The number of hydrogen-bond acceptors (Lipinski definition) is 2. The van der Waals surface area contributed by atoms with Crippen LogP contribution in [0, 0.1) is 14.9 Å². The van der Waals surface area contributed by atoms with Crippen LogP contribution in [0.15, 0.2) is 6.20 Å². The van der Waals surface area contributed by atoms with E-state index in [1.54, 1.807) is 0 Å². The summed E-state index contributed by atoms with van der Waals surface area (Å²) in [6.07, 6.45) is -1.40. The van der Waals surface area contributed by atoms with Gasteiger partial charge in [-0.2, -0.15) is 5.26 Å². The molecule has 80 valence electrons. The third-order valence-corrected chi connectivity index (χ3v) is 3.45. The van der Waals surface area contributed by atoms with Crippen molar-refractivity contribution >= 4 is 34.2 Å². The first kappa shape index (κ1) is 12.6. The van der Waals surface area contributed by atoms with Crippen molar-refractivity contribution in [3.05, 3.63) is 26.6 Å². The van der Waals surface area contributed by atoms with Crippen molar-refractivity contribution in [2.24, 2.45) is 0 Å². The molecule has 0 bridgehead atoms. The van der Waals surface area contributed by atoms with Gasteiger partial charge in [0, 0.05) is 21.2 Å². The maximum atomic E-state index is 12.6. The summed E-state index contributed by atoms with van der Waals surface area (Å²) < 4.78 is 25.7. The van der Waals surface area contributed by atoms with Gasteiger partial charge in [0.2, 0.25) is 0 Å². The van der Waals surface area contributed by atoms with Crippen molar-refractivity contribution < 1.29 is 8.78 Å². The van der Waals surface area contributed by atoms with Gasteiger partial charge in [-0.15, -0.1) is 11.6 Å². The predicted octanol–water partition coefficient (Wildman–Crippen LogP) is 3.43. The Labute approximate surface area is 104 Å². The average Bonchev–Trinajstić information content (AvgIpc) is 2.20. The van der Waals surface area contributed by atoms with E-state index in [1.807, 2.05) is 28.7 Å². The molecule has 0 unspecified atom stereocenters. The lowest BCUT2D eigenvalue weighted by Crippen LogP contribution is -2.03. The van der Waals surface area contributed by atoms with Gasteiger partial charge in [0.05, 0.1) is 12.5 Å². The summed E-state index contributed by atoms with van der Waals surface area (Å²) >= 11 is 7.54. The van der Waals surface area contributed by atoms with E-state index < -0.39 is 6.43 Å². The number of halogens is 4. The molecule has 0 atom stereocenters. The van der Waals surface area contributed by atoms with E-state index in [-0.39, 0.29) is 23.6 Å². The third-order valence-electron chi connectivity index (χ3n) is 1.82. The van der Waals surface area contributed by atoms with Crippen molar-refractivity contribution in [2.45, 2.75) is 18.7 Å². The summed E-state index contributed by atoms with van der Waals surface area (Å²) in [5, 5.41) is 8.55. The monoisotopic (exact) mass is 342 g/mol. The van der Waals surface area contributed by atoms with Crippen molar-refractivity contribution in [3.63, 3.8) is 0 Å². The molecule has 0 saturated carbocycles. The Balaban J connectivity index is 3.32. The van der Waals surface area contributed by atoms with Crippen LogP contribution in [0.4, 0.5) is 8.78 Å². The zero-order valence-electron chi connectivity index (χ0n) is 7.48. The fraction of sp³-hybridized carbons (Fsp3) is 0.333. The van der Waals surface area contributed by atoms with E-state index >= 15 is 0 Å². The maximum Gasteiger partial charge on any atom is 0.280 e. The number of hydrogen-bond donors (Lipinski definition) is 0. The van der Waals surface area contributed by atoms with Crippen LogP contribution >= 0.6 is 34.2 Å². The van der Waals surface area contributed by atoms with E-state index in [2.05, 4.69) is 4.98 Å². The molecule has 1 heterocycles. The standard InChI is InChI=1S/C9H6ClF2IN2/c10-3-5-4-15-8(9(11)12)6(1-2-14)7(5)13/h4,9H,1,3H2. The van der Waals surface area contributed by atoms with Crippen LogP contribution in [0.1, 0.15) is 23.2 Å². The minimum Gasteiger partial charge on any atom is -0.255 e. The normalized spacial score (nSPS) is 10.4. The molecule has 0 aliphatic rings. The largest absolute Gasteiger partial charge is 0.280 e. The van der Waals surface area contributed by atoms with Gasteiger partial charge >= 0.3 is 0 Å². The molecule has 0 aromatic carbocycles. The van der Waals surface area contributed by atoms with Crippen LogP contribution in [0.5, 0.6) is 0 Å². The van der Waals surface area contributed by atoms with Crippen LogP contribution < -0.4 is 0 Å². The molecule has 15 heavy (non-hydrogen) atoms. The van der Waals surface area contributed by atoms with Crippen LogP contribution in [0.25, 0.3) is 0 Å². The van der Waals surface area contributed by atoms with Gasteiger partial charge in [-0.25, -0.2) is 8.78 Å². The molecule has 6 heteroatoms. The van der Waals surface area contributed by atoms with Crippen molar-refractivity contribution in [2.75, 3.05) is 0 Å². The van der Waals surface area contributed by atoms with Crippen molar-refractivity contribution in [1.29, 1.82) is 5.26 Å². The first-order valence-electron chi connectivity index (χ1n) is 3.99. The highest BCUT2D eigenvalue weighted by molar-refractivity contribution is 14.1. The highest BCUT2D eigenvalue weighted by Crippen LogP contribution is 2.27. The maximum absolute atomic E-state index is 12.6. The Morgan fingerprint density at radius 1 is 1.60 bits per heavy atom. The van der Waals surface area contributed by atoms with Crippen LogP contribution in [-0.4, -0.2) is 4.98 Å². The van der Waals surface area contributed by atoms with Crippen LogP contribution in [0.3, 0.4) is 0 Å². The van der Waals surface area contributed by atoms with Gasteiger partial charge in [0.15, 0.2) is 0 Å². The summed E-state index contributed by atoms with van der Waals surface area (Å²) in [4.78, 5) is 3.64. The summed E-state index contributed by atoms with van der Waals surface area (Å²) in [6.45, 7) is 0. The molecule has 0 radical (unpaired) electrons. The van der Waals surface area contributed by atoms with E-state index in [0.717, 1.165) is 0 Å². The summed E-state index contributed by atoms with van der Waals surface area (Å²) in [7, 11) is 0. The summed E-state index contributed by atoms with van der Waals surface area (Å²) in [5.41, 5.74) is 0.632. The third kappa shape index (κ3) is 2.75. The van der Waals surface area contributed by atoms with Gasteiger partial charge in [-0.1, -0.05) is 0 Å². The Hall–Kier alpha value is -0.480. The molecule has 0 fully saturated rings. The molecule has 1 rings (SSSR count). The van der Waals surface area contributed by atoms with E-state index in [4.69, 9.17) is 16.9 Å². The molecule has 0 aliphatic heterocycles. The number of pyridine rings is 1. The lowest BCUT2D eigenvalue weighted by molar-refractivity contribution is 0.145. The molecule has 0 amide bonds. The Morgan fingerprint density at radius 3 is 2.73 bits per heavy atom. The minimum absolute atomic E-state index is 0.0737. The zero-order chi connectivity index (χ0) is 11.4. The molecule has 0 aliphatic carbocycles. The number of nitrogens with zero attached hydrogens (tertiary/aromatic N) is 2. The van der Waals surface area contributed by atoms with Gasteiger partial charge < -0.3 is 0 Å². The number of nitriles is 1. The fourth-order valence-corrected chi connectivity index (χ4v) is 2.34. The predicted molar refractivity (Wildman–Crippen MR) is 60.8 cm³/mol. The van der Waals surface area contributed by atoms with Crippen molar-refractivity contribution in [1.82, 2.24) is 4.98 Å². The topological polar surface area (TPSA) is 36.7 Å². The molecule has 1 aromatic heterocycles. The van der Waals surface area contributed by atoms with E-state index in [0.29, 0.717) is 9.13 Å². The highest BCUT2D eigenvalue weighted by Gasteiger charge is 2.18. The van der Waals surface area contributed by atoms with E-state index in [1.165, 1.54) is 6.20 Å². The van der Waals surface area contributed by atoms with Crippen LogP contribution in [0.2, 0.25) is 0 Å². The van der Waals surface area contributed by atoms with Gasteiger partial charge in [-0.3, -0.25) is 4.98 Å². The average molecular weight is 343 g/mol. The summed E-state index contributed by atoms with van der Waals surface area (Å²) in [6, 6.07) is 1.85. The highest BCUT2D eigenvalue weighted by atomic mass is 127. The Morgan fingerprint density at radius 2 is 2.27 bits per heavy atom. The lowest BCUT2D eigenvalue weighted by atomic mass is 10.1. The van der Waals surface area contributed by atoms with Gasteiger partial charge in [-0.05, 0) is 28.2 Å². The molecule has 2 nitrogen and oxygen atoms in total. The molecular formula is C9H6ClF2IN2. The first-order valence-corrected chi connectivity index (χ1v) is 5.60. The minimum atomic E-state index is -2.66.